The summed E-state index contributed by atoms with van der Waals surface area (Å²) in [5, 5.41) is 0.783. The monoisotopic (exact) mass is 241 g/mol. The van der Waals surface area contributed by atoms with Gasteiger partial charge in [-0.05, 0) is 49.9 Å². The van der Waals surface area contributed by atoms with E-state index in [1.165, 1.54) is 44.3 Å². The smallest absolute Gasteiger partial charge is 0.0133 e. The molecule has 0 aliphatic heterocycles. The van der Waals surface area contributed by atoms with E-state index in [4.69, 9.17) is 5.73 Å². The fraction of sp³-hybridized carbons (Fsp3) is 1.00. The van der Waals surface area contributed by atoms with Crippen LogP contribution in [0.2, 0.25) is 0 Å². The molecule has 2 heteroatoms. The van der Waals surface area contributed by atoms with Crippen LogP contribution in [0.5, 0.6) is 0 Å². The van der Waals surface area contributed by atoms with Crippen LogP contribution in [0.3, 0.4) is 0 Å². The van der Waals surface area contributed by atoms with Gasteiger partial charge in [-0.2, -0.15) is 11.8 Å². The van der Waals surface area contributed by atoms with Gasteiger partial charge in [0.15, 0.2) is 0 Å². The molecule has 0 radical (unpaired) electrons. The van der Waals surface area contributed by atoms with E-state index in [9.17, 15) is 0 Å². The van der Waals surface area contributed by atoms with Gasteiger partial charge in [0.05, 0.1) is 0 Å². The molecule has 0 aromatic carbocycles. The summed E-state index contributed by atoms with van der Waals surface area (Å²) in [6.07, 6.45) is 8.59. The van der Waals surface area contributed by atoms with E-state index in [0.29, 0.717) is 6.04 Å². The molecule has 2 bridgehead atoms. The van der Waals surface area contributed by atoms with E-state index in [1.54, 1.807) is 0 Å². The Morgan fingerprint density at radius 3 is 2.69 bits per heavy atom. The Labute approximate surface area is 105 Å². The highest BCUT2D eigenvalue weighted by molar-refractivity contribution is 7.99. The quantitative estimate of drug-likeness (QED) is 0.768. The molecular formula is C14H27NS. The molecule has 0 amide bonds. The van der Waals surface area contributed by atoms with Crippen molar-refractivity contribution in [3.63, 3.8) is 0 Å². The van der Waals surface area contributed by atoms with Crippen LogP contribution in [-0.2, 0) is 0 Å². The summed E-state index contributed by atoms with van der Waals surface area (Å²) in [5.41, 5.74) is 6.27. The third-order valence-electron chi connectivity index (χ3n) is 4.66. The molecule has 2 N–H and O–H groups in total. The van der Waals surface area contributed by atoms with Gasteiger partial charge in [0, 0.05) is 17.0 Å². The summed E-state index contributed by atoms with van der Waals surface area (Å²) >= 11 is 2.06. The first-order valence-corrected chi connectivity index (χ1v) is 8.11. The molecule has 0 spiro atoms. The molecule has 2 aliphatic rings. The van der Waals surface area contributed by atoms with Crippen molar-refractivity contribution in [1.29, 1.82) is 0 Å². The van der Waals surface area contributed by atoms with E-state index >= 15 is 0 Å². The van der Waals surface area contributed by atoms with Gasteiger partial charge in [-0.1, -0.05) is 20.3 Å². The Bertz CT molecular complexity index is 219. The molecule has 5 unspecified atom stereocenters. The van der Waals surface area contributed by atoms with Gasteiger partial charge in [0.25, 0.3) is 0 Å². The van der Waals surface area contributed by atoms with Gasteiger partial charge in [0.1, 0.15) is 0 Å². The second kappa shape index (κ2) is 5.77. The number of fused-ring (bicyclic) bond motifs is 2. The lowest BCUT2D eigenvalue weighted by Crippen LogP contribution is -2.28. The number of hydrogen-bond donors (Lipinski definition) is 1. The van der Waals surface area contributed by atoms with Crippen LogP contribution >= 0.6 is 11.8 Å². The zero-order valence-corrected chi connectivity index (χ0v) is 11.6. The highest BCUT2D eigenvalue weighted by Gasteiger charge is 2.39. The van der Waals surface area contributed by atoms with Crippen molar-refractivity contribution in [1.82, 2.24) is 0 Å². The molecule has 0 aromatic rings. The van der Waals surface area contributed by atoms with Gasteiger partial charge >= 0.3 is 0 Å². The van der Waals surface area contributed by atoms with Crippen LogP contribution in [0, 0.1) is 17.8 Å². The Kier molecular flexibility index (Phi) is 4.60. The summed E-state index contributed by atoms with van der Waals surface area (Å²) < 4.78 is 0. The first kappa shape index (κ1) is 12.8. The van der Waals surface area contributed by atoms with Crippen molar-refractivity contribution in [3.05, 3.63) is 0 Å². The second-order valence-electron chi connectivity index (χ2n) is 5.98. The Hall–Kier alpha value is 0.310. The van der Waals surface area contributed by atoms with Crippen LogP contribution in [-0.4, -0.2) is 17.0 Å². The van der Waals surface area contributed by atoms with E-state index in [2.05, 4.69) is 25.6 Å². The first-order chi connectivity index (χ1) is 7.69. The van der Waals surface area contributed by atoms with Crippen molar-refractivity contribution in [2.45, 2.75) is 63.7 Å². The van der Waals surface area contributed by atoms with Crippen molar-refractivity contribution >= 4 is 11.8 Å². The fourth-order valence-corrected chi connectivity index (χ4v) is 4.48. The van der Waals surface area contributed by atoms with Crippen LogP contribution < -0.4 is 5.73 Å². The lowest BCUT2D eigenvalue weighted by molar-refractivity contribution is 0.301. The predicted octanol–water partition coefficient (Wildman–Crippen LogP) is 3.67. The SMILES string of the molecule is CCC(C)SCC(N)CC1CC2CCC1C2. The average Bonchev–Trinajstić information content (AvgIpc) is 2.87. The molecule has 1 nitrogen and oxygen atoms in total. The number of thioether (sulfide) groups is 1. The summed E-state index contributed by atoms with van der Waals surface area (Å²) in [4.78, 5) is 0. The molecule has 16 heavy (non-hydrogen) atoms. The number of hydrogen-bond acceptors (Lipinski definition) is 2. The topological polar surface area (TPSA) is 26.0 Å². The minimum atomic E-state index is 0.448. The molecule has 5 atom stereocenters. The maximum atomic E-state index is 6.27. The maximum Gasteiger partial charge on any atom is 0.0133 e. The lowest BCUT2D eigenvalue weighted by atomic mass is 9.85. The molecular weight excluding hydrogens is 214 g/mol. The third kappa shape index (κ3) is 3.16. The molecule has 2 aliphatic carbocycles. The van der Waals surface area contributed by atoms with Gasteiger partial charge in [-0.15, -0.1) is 0 Å². The summed E-state index contributed by atoms with van der Waals surface area (Å²) in [5.74, 6) is 4.27. The van der Waals surface area contributed by atoms with Crippen molar-refractivity contribution in [2.75, 3.05) is 5.75 Å². The van der Waals surface area contributed by atoms with Crippen LogP contribution in [0.4, 0.5) is 0 Å². The normalized spacial score (nSPS) is 36.6. The van der Waals surface area contributed by atoms with Crippen LogP contribution in [0.1, 0.15) is 52.4 Å². The van der Waals surface area contributed by atoms with Gasteiger partial charge < -0.3 is 5.73 Å². The standard InChI is InChI=1S/C14H27NS/c1-3-10(2)16-9-14(15)8-13-7-11-4-5-12(13)6-11/h10-14H,3-9,15H2,1-2H3. The largest absolute Gasteiger partial charge is 0.327 e. The van der Waals surface area contributed by atoms with Crippen molar-refractivity contribution in [2.24, 2.45) is 23.5 Å². The Morgan fingerprint density at radius 2 is 2.12 bits per heavy atom. The Morgan fingerprint density at radius 1 is 1.31 bits per heavy atom. The number of rotatable bonds is 6. The molecule has 0 heterocycles. The maximum absolute atomic E-state index is 6.27. The molecule has 2 rings (SSSR count). The molecule has 94 valence electrons. The summed E-state index contributed by atoms with van der Waals surface area (Å²) in [6, 6.07) is 0.448. The van der Waals surface area contributed by atoms with Crippen molar-refractivity contribution in [3.8, 4) is 0 Å². The zero-order valence-electron chi connectivity index (χ0n) is 10.8. The van der Waals surface area contributed by atoms with Gasteiger partial charge in [-0.25, -0.2) is 0 Å². The van der Waals surface area contributed by atoms with Crippen LogP contribution in [0.25, 0.3) is 0 Å². The highest BCUT2D eigenvalue weighted by Crippen LogP contribution is 2.49. The van der Waals surface area contributed by atoms with E-state index < -0.39 is 0 Å². The third-order valence-corrected chi connectivity index (χ3v) is 6.18. The lowest BCUT2D eigenvalue weighted by Gasteiger charge is -2.25. The molecule has 0 aromatic heterocycles. The second-order valence-corrected chi connectivity index (χ2v) is 7.45. The molecule has 2 saturated carbocycles. The van der Waals surface area contributed by atoms with E-state index in [-0.39, 0.29) is 0 Å². The van der Waals surface area contributed by atoms with E-state index in [0.717, 1.165) is 23.0 Å². The van der Waals surface area contributed by atoms with E-state index in [1.807, 2.05) is 0 Å². The molecule has 0 saturated heterocycles. The van der Waals surface area contributed by atoms with Crippen molar-refractivity contribution < 1.29 is 0 Å². The summed E-state index contributed by atoms with van der Waals surface area (Å²) in [6.45, 7) is 4.58. The molecule has 2 fully saturated rings. The minimum Gasteiger partial charge on any atom is -0.327 e. The average molecular weight is 241 g/mol. The Balaban J connectivity index is 1.65. The van der Waals surface area contributed by atoms with Gasteiger partial charge in [0.2, 0.25) is 0 Å². The predicted molar refractivity (Wildman–Crippen MR) is 73.7 cm³/mol. The summed E-state index contributed by atoms with van der Waals surface area (Å²) in [7, 11) is 0. The highest BCUT2D eigenvalue weighted by atomic mass is 32.2. The first-order valence-electron chi connectivity index (χ1n) is 7.06. The van der Waals surface area contributed by atoms with Crippen LogP contribution in [0.15, 0.2) is 0 Å². The fourth-order valence-electron chi connectivity index (χ4n) is 3.53. The van der Waals surface area contributed by atoms with Gasteiger partial charge in [-0.3, -0.25) is 0 Å². The minimum absolute atomic E-state index is 0.448. The zero-order chi connectivity index (χ0) is 11.5. The number of nitrogens with two attached hydrogens (primary N) is 1.